The van der Waals surface area contributed by atoms with Gasteiger partial charge in [0.1, 0.15) is 24.1 Å². The van der Waals surface area contributed by atoms with E-state index in [0.29, 0.717) is 108 Å². The Morgan fingerprint density at radius 1 is 0.861 bits per heavy atom. The van der Waals surface area contributed by atoms with Crippen molar-refractivity contribution < 1.29 is 57.1 Å². The van der Waals surface area contributed by atoms with E-state index in [1.54, 1.807) is 37.7 Å². The van der Waals surface area contributed by atoms with E-state index in [1.165, 1.54) is 0 Å². The molecule has 7 rings (SSSR count). The summed E-state index contributed by atoms with van der Waals surface area (Å²) >= 11 is 0. The molecule has 2 aromatic carbocycles. The average molecular weight is 996 g/mol. The van der Waals surface area contributed by atoms with Crippen LogP contribution in [0.1, 0.15) is 73.2 Å². The third-order valence-corrected chi connectivity index (χ3v) is 11.9. The molecule has 3 aliphatic rings. The number of pyridine rings is 1. The van der Waals surface area contributed by atoms with Gasteiger partial charge in [-0.25, -0.2) is 19.7 Å². The summed E-state index contributed by atoms with van der Waals surface area (Å²) in [5, 5.41) is 8.65. The van der Waals surface area contributed by atoms with Crippen LogP contribution in [0, 0.1) is 6.92 Å². The zero-order chi connectivity index (χ0) is 51.2. The van der Waals surface area contributed by atoms with E-state index in [0.717, 1.165) is 34.0 Å². The van der Waals surface area contributed by atoms with Crippen LogP contribution in [0.15, 0.2) is 60.9 Å². The summed E-state index contributed by atoms with van der Waals surface area (Å²) < 4.78 is 40.0. The highest BCUT2D eigenvalue weighted by atomic mass is 16.6. The Morgan fingerprint density at radius 2 is 1.58 bits per heavy atom. The number of carbonyl (C=O) groups is 5. The van der Waals surface area contributed by atoms with Crippen molar-refractivity contribution >= 4 is 52.9 Å². The van der Waals surface area contributed by atoms with Gasteiger partial charge in [-0.15, -0.1) is 0 Å². The summed E-state index contributed by atoms with van der Waals surface area (Å²) in [5.74, 6) is 0.180. The Kier molecular flexibility index (Phi) is 18.3. The predicted molar refractivity (Wildman–Crippen MR) is 266 cm³/mol. The van der Waals surface area contributed by atoms with E-state index in [1.807, 2.05) is 62.9 Å². The molecule has 386 valence electrons. The first-order chi connectivity index (χ1) is 34.7. The fourth-order valence-corrected chi connectivity index (χ4v) is 8.48. The first-order valence-corrected chi connectivity index (χ1v) is 24.3. The maximum Gasteiger partial charge on any atom is 0.410 e. The third-order valence-electron chi connectivity index (χ3n) is 11.9. The number of rotatable bonds is 24. The van der Waals surface area contributed by atoms with Crippen LogP contribution in [-0.4, -0.2) is 165 Å². The molecular weight excluding hydrogens is 931 g/mol. The number of nitrogens with one attached hydrogen (secondary N) is 3. The van der Waals surface area contributed by atoms with Crippen molar-refractivity contribution in [2.75, 3.05) is 108 Å². The molecule has 3 aliphatic heterocycles. The molecule has 0 aliphatic carbocycles. The lowest BCUT2D eigenvalue weighted by Crippen LogP contribution is -2.56. The van der Waals surface area contributed by atoms with Gasteiger partial charge in [0.25, 0.3) is 11.8 Å². The van der Waals surface area contributed by atoms with Gasteiger partial charge in [-0.2, -0.15) is 0 Å². The number of imide groups is 2. The maximum atomic E-state index is 13.3. The monoisotopic (exact) mass is 995 g/mol. The topological polar surface area (TPSA) is 234 Å². The predicted octanol–water partition coefficient (Wildman–Crippen LogP) is 5.39. The largest absolute Gasteiger partial charge is 0.493 e. The Balaban J connectivity index is 0.756. The molecule has 2 saturated heterocycles. The second-order valence-electron chi connectivity index (χ2n) is 18.2. The number of piperazine rings is 1. The standard InChI is InChI=1S/C51H65N9O12/c1-7-36-32-58(18-19-59(36)50(65)72-51(3,4)5)42-13-11-34(31-54-42)38-15-16-53-49(56-38)55-35-29-33(2)45(66-6)41(30-35)71-28-27-70-26-25-69-24-23-68-22-21-67-20-17-52-39-10-8-9-37-44(39)48(64)60(47(37)63)40-12-14-43(61)57-46(40)62/h8-11,13,15-16,29-31,36,40,52H,7,12,14,17-28,32H2,1-6H3,(H,53,55,56)(H,57,61,62). The van der Waals surface area contributed by atoms with Gasteiger partial charge in [-0.1, -0.05) is 13.0 Å². The lowest BCUT2D eigenvalue weighted by molar-refractivity contribution is -0.136. The number of amides is 5. The molecule has 5 amide bonds. The van der Waals surface area contributed by atoms with Crippen molar-refractivity contribution in [3.63, 3.8) is 0 Å². The van der Waals surface area contributed by atoms with Gasteiger partial charge in [-0.05, 0) is 82.5 Å². The molecule has 2 fully saturated rings. The molecule has 2 atom stereocenters. The highest BCUT2D eigenvalue weighted by Crippen LogP contribution is 2.36. The average Bonchev–Trinajstić information content (AvgIpc) is 3.61. The van der Waals surface area contributed by atoms with Crippen molar-refractivity contribution in [2.24, 2.45) is 0 Å². The highest BCUT2D eigenvalue weighted by Gasteiger charge is 2.45. The minimum absolute atomic E-state index is 0.0172. The summed E-state index contributed by atoms with van der Waals surface area (Å²) in [6, 6.07) is 13.5. The maximum absolute atomic E-state index is 13.3. The molecule has 0 radical (unpaired) electrons. The summed E-state index contributed by atoms with van der Waals surface area (Å²) in [7, 11) is 1.60. The van der Waals surface area contributed by atoms with Gasteiger partial charge in [0.2, 0.25) is 17.8 Å². The number of nitrogens with zero attached hydrogens (tertiary/aromatic N) is 6. The summed E-state index contributed by atoms with van der Waals surface area (Å²) in [6.07, 6.45) is 4.17. The van der Waals surface area contributed by atoms with Crippen molar-refractivity contribution in [3.05, 3.63) is 77.6 Å². The second-order valence-corrected chi connectivity index (χ2v) is 18.2. The first kappa shape index (κ1) is 52.9. The number of anilines is 4. The van der Waals surface area contributed by atoms with Crippen LogP contribution in [0.4, 0.5) is 27.9 Å². The number of methoxy groups -OCH3 is 1. The fourth-order valence-electron chi connectivity index (χ4n) is 8.48. The van der Waals surface area contributed by atoms with Crippen molar-refractivity contribution in [1.82, 2.24) is 30.1 Å². The van der Waals surface area contributed by atoms with E-state index < -0.39 is 35.3 Å². The van der Waals surface area contributed by atoms with Crippen LogP contribution in [0.25, 0.3) is 11.3 Å². The van der Waals surface area contributed by atoms with Gasteiger partial charge in [0.05, 0.1) is 82.8 Å². The molecule has 0 saturated carbocycles. The van der Waals surface area contributed by atoms with Gasteiger partial charge >= 0.3 is 6.09 Å². The van der Waals surface area contributed by atoms with Crippen LogP contribution in [-0.2, 0) is 33.3 Å². The lowest BCUT2D eigenvalue weighted by atomic mass is 10.0. The minimum atomic E-state index is -1.03. The van der Waals surface area contributed by atoms with Crippen molar-refractivity contribution in [1.29, 1.82) is 0 Å². The molecule has 3 N–H and O–H groups in total. The number of carbonyl (C=O) groups excluding carboxylic acids is 5. The SMILES string of the molecule is CCC1CN(c2ccc(-c3ccnc(Nc4cc(C)c(OC)c(OCCOCCOCCOCCOCCNc5cccc6c5C(=O)N(C5CCC(=O)NC5=O)C6=O)c4)n3)cn2)CCN1C(=O)OC(C)(C)C. The van der Waals surface area contributed by atoms with Crippen LogP contribution >= 0.6 is 0 Å². The lowest BCUT2D eigenvalue weighted by Gasteiger charge is -2.41. The van der Waals surface area contributed by atoms with E-state index in [4.69, 9.17) is 43.1 Å². The molecule has 21 heteroatoms. The van der Waals surface area contributed by atoms with E-state index in [9.17, 15) is 24.0 Å². The van der Waals surface area contributed by atoms with Gasteiger partial charge < -0.3 is 53.6 Å². The minimum Gasteiger partial charge on any atom is -0.493 e. The second kappa shape index (κ2) is 24.9. The number of aryl methyl sites for hydroxylation is 1. The molecule has 21 nitrogen and oxygen atoms in total. The van der Waals surface area contributed by atoms with Gasteiger partial charge in [0.15, 0.2) is 11.5 Å². The normalized spacial score (nSPS) is 16.9. The molecule has 4 aromatic rings. The number of fused-ring (bicyclic) bond motifs is 1. The van der Waals surface area contributed by atoms with Crippen LogP contribution in [0.3, 0.4) is 0 Å². The van der Waals surface area contributed by atoms with Crippen molar-refractivity contribution in [2.45, 2.75) is 71.6 Å². The first-order valence-electron chi connectivity index (χ1n) is 24.3. The third kappa shape index (κ3) is 13.7. The Labute approximate surface area is 419 Å². The van der Waals surface area contributed by atoms with Crippen LogP contribution < -0.4 is 30.3 Å². The van der Waals surface area contributed by atoms with E-state index >= 15 is 0 Å². The Morgan fingerprint density at radius 3 is 2.25 bits per heavy atom. The molecule has 5 heterocycles. The molecule has 2 unspecified atom stereocenters. The van der Waals surface area contributed by atoms with Crippen LogP contribution in [0.2, 0.25) is 0 Å². The zero-order valence-corrected chi connectivity index (χ0v) is 41.8. The molecule has 72 heavy (non-hydrogen) atoms. The fraction of sp³-hybridized carbons (Fsp3) is 0.490. The van der Waals surface area contributed by atoms with E-state index in [2.05, 4.69) is 32.8 Å². The molecule has 2 aromatic heterocycles. The quantitative estimate of drug-likeness (QED) is 0.0589. The number of hydrogen-bond acceptors (Lipinski definition) is 18. The van der Waals surface area contributed by atoms with Crippen molar-refractivity contribution in [3.8, 4) is 22.8 Å². The molecule has 0 spiro atoms. The summed E-state index contributed by atoms with van der Waals surface area (Å²) in [6.45, 7) is 15.0. The molecule has 0 bridgehead atoms. The summed E-state index contributed by atoms with van der Waals surface area (Å²) in [5.41, 5.74) is 3.44. The van der Waals surface area contributed by atoms with Crippen LogP contribution in [0.5, 0.6) is 11.5 Å². The smallest absolute Gasteiger partial charge is 0.410 e. The highest BCUT2D eigenvalue weighted by molar-refractivity contribution is 6.25. The number of hydrogen-bond donors (Lipinski definition) is 3. The van der Waals surface area contributed by atoms with E-state index in [-0.39, 0.29) is 42.7 Å². The number of ether oxygens (including phenoxy) is 7. The number of piperidine rings is 1. The van der Waals surface area contributed by atoms with Gasteiger partial charge in [0, 0.05) is 68.0 Å². The number of benzene rings is 2. The Bertz CT molecular complexity index is 2540. The molecular formula is C51H65N9O12. The number of aromatic nitrogens is 3. The summed E-state index contributed by atoms with van der Waals surface area (Å²) in [4.78, 5) is 82.1. The Hall–Kier alpha value is -6.94. The zero-order valence-electron chi connectivity index (χ0n) is 41.8. The van der Waals surface area contributed by atoms with Gasteiger partial charge in [-0.3, -0.25) is 29.4 Å².